The van der Waals surface area contributed by atoms with Crippen molar-refractivity contribution < 1.29 is 9.53 Å². The summed E-state index contributed by atoms with van der Waals surface area (Å²) in [4.78, 5) is 21.5. The zero-order valence-electron chi connectivity index (χ0n) is 13.8. The van der Waals surface area contributed by atoms with Crippen LogP contribution in [0.5, 0.6) is 0 Å². The Kier molecular flexibility index (Phi) is 6.00. The zero-order chi connectivity index (χ0) is 15.9. The summed E-state index contributed by atoms with van der Waals surface area (Å²) >= 11 is 0. The van der Waals surface area contributed by atoms with Gasteiger partial charge in [0.25, 0.3) is 0 Å². The van der Waals surface area contributed by atoms with E-state index >= 15 is 0 Å². The lowest BCUT2D eigenvalue weighted by molar-refractivity contribution is -0.134. The molecule has 0 radical (unpaired) electrons. The predicted octanol–water partition coefficient (Wildman–Crippen LogP) is 1.73. The van der Waals surface area contributed by atoms with E-state index in [2.05, 4.69) is 14.8 Å². The van der Waals surface area contributed by atoms with Crippen LogP contribution >= 0.6 is 0 Å². The lowest BCUT2D eigenvalue weighted by Gasteiger charge is -2.37. The van der Waals surface area contributed by atoms with E-state index < -0.39 is 0 Å². The van der Waals surface area contributed by atoms with E-state index in [1.807, 2.05) is 18.2 Å². The summed E-state index contributed by atoms with van der Waals surface area (Å²) in [5, 5.41) is 0. The first-order valence-electron chi connectivity index (χ1n) is 8.82. The van der Waals surface area contributed by atoms with Crippen molar-refractivity contribution in [3.8, 4) is 0 Å². The number of ether oxygens (including phenoxy) is 1. The number of carbonyl (C=O) groups is 1. The van der Waals surface area contributed by atoms with E-state index in [9.17, 15) is 4.79 Å². The Morgan fingerprint density at radius 2 is 2.09 bits per heavy atom. The van der Waals surface area contributed by atoms with Crippen LogP contribution in [-0.2, 0) is 16.0 Å². The first-order valence-corrected chi connectivity index (χ1v) is 8.82. The molecule has 1 aromatic rings. The van der Waals surface area contributed by atoms with Gasteiger partial charge in [0.2, 0.25) is 5.91 Å². The van der Waals surface area contributed by atoms with Crippen LogP contribution in [0, 0.1) is 0 Å². The van der Waals surface area contributed by atoms with Crippen molar-refractivity contribution in [1.29, 1.82) is 0 Å². The van der Waals surface area contributed by atoms with Gasteiger partial charge in [0.05, 0.1) is 19.6 Å². The molecule has 0 unspecified atom stereocenters. The van der Waals surface area contributed by atoms with Crippen LogP contribution in [0.1, 0.15) is 31.4 Å². The summed E-state index contributed by atoms with van der Waals surface area (Å²) < 4.78 is 5.40. The highest BCUT2D eigenvalue weighted by atomic mass is 16.5. The Balaban J connectivity index is 1.53. The average Bonchev–Trinajstić information content (AvgIpc) is 2.62. The molecule has 5 heteroatoms. The highest BCUT2D eigenvalue weighted by Gasteiger charge is 2.27. The summed E-state index contributed by atoms with van der Waals surface area (Å²) in [5.74, 6) is 0.232. The number of aromatic nitrogens is 1. The minimum absolute atomic E-state index is 0.232. The van der Waals surface area contributed by atoms with Crippen LogP contribution in [0.4, 0.5) is 0 Å². The quantitative estimate of drug-likeness (QED) is 0.830. The van der Waals surface area contributed by atoms with Gasteiger partial charge in [-0.25, -0.2) is 0 Å². The molecule has 2 aliphatic heterocycles. The molecule has 3 heterocycles. The molecule has 0 aliphatic carbocycles. The zero-order valence-corrected chi connectivity index (χ0v) is 13.8. The van der Waals surface area contributed by atoms with Gasteiger partial charge in [-0.05, 0) is 37.8 Å². The first-order chi connectivity index (χ1) is 11.3. The summed E-state index contributed by atoms with van der Waals surface area (Å²) in [6, 6.07) is 6.16. The summed E-state index contributed by atoms with van der Waals surface area (Å²) in [5.41, 5.74) is 0.870. The standard InChI is InChI=1S/C18H27N3O2/c22-18(15-16-5-1-3-8-19-16)21-9-4-2-6-17(21)7-10-20-11-13-23-14-12-20/h1,3,5,8,17H,2,4,6-7,9-15H2/t17-/m1/s1. The summed E-state index contributed by atoms with van der Waals surface area (Å²) in [6.45, 7) is 5.70. The van der Waals surface area contributed by atoms with Crippen LogP contribution in [0.3, 0.4) is 0 Å². The number of rotatable bonds is 5. The molecule has 0 bridgehead atoms. The fourth-order valence-electron chi connectivity index (χ4n) is 3.54. The predicted molar refractivity (Wildman–Crippen MR) is 89.2 cm³/mol. The van der Waals surface area contributed by atoms with E-state index in [1.54, 1.807) is 6.20 Å². The molecule has 2 fully saturated rings. The molecule has 2 aliphatic rings. The van der Waals surface area contributed by atoms with E-state index in [-0.39, 0.29) is 5.91 Å². The van der Waals surface area contributed by atoms with Crippen LogP contribution in [-0.4, -0.2) is 66.1 Å². The minimum Gasteiger partial charge on any atom is -0.379 e. The lowest BCUT2D eigenvalue weighted by Crippen LogP contribution is -2.47. The largest absolute Gasteiger partial charge is 0.379 e. The van der Waals surface area contributed by atoms with Crippen molar-refractivity contribution in [2.24, 2.45) is 0 Å². The van der Waals surface area contributed by atoms with Gasteiger partial charge in [-0.3, -0.25) is 14.7 Å². The maximum Gasteiger partial charge on any atom is 0.228 e. The van der Waals surface area contributed by atoms with E-state index in [4.69, 9.17) is 4.74 Å². The maximum absolute atomic E-state index is 12.7. The molecule has 5 nitrogen and oxygen atoms in total. The second-order valence-corrected chi connectivity index (χ2v) is 6.48. The molecule has 126 valence electrons. The number of piperidine rings is 1. The molecule has 3 rings (SSSR count). The molecule has 2 saturated heterocycles. The molecule has 1 amide bonds. The Labute approximate surface area is 138 Å². The van der Waals surface area contributed by atoms with Crippen molar-refractivity contribution in [3.63, 3.8) is 0 Å². The number of carbonyl (C=O) groups excluding carboxylic acids is 1. The Hall–Kier alpha value is -1.46. The first kappa shape index (κ1) is 16.4. The van der Waals surface area contributed by atoms with Gasteiger partial charge in [0, 0.05) is 44.1 Å². The highest BCUT2D eigenvalue weighted by Crippen LogP contribution is 2.21. The maximum atomic E-state index is 12.7. The Morgan fingerprint density at radius 3 is 2.87 bits per heavy atom. The van der Waals surface area contributed by atoms with Crippen molar-refractivity contribution in [2.45, 2.75) is 38.1 Å². The fourth-order valence-corrected chi connectivity index (χ4v) is 3.54. The normalized spacial score (nSPS) is 23.0. The highest BCUT2D eigenvalue weighted by molar-refractivity contribution is 5.78. The third-order valence-electron chi connectivity index (χ3n) is 4.89. The molecule has 1 aromatic heterocycles. The fraction of sp³-hybridized carbons (Fsp3) is 0.667. The lowest BCUT2D eigenvalue weighted by atomic mass is 9.98. The Morgan fingerprint density at radius 1 is 1.22 bits per heavy atom. The minimum atomic E-state index is 0.232. The molecular formula is C18H27N3O2. The number of hydrogen-bond acceptors (Lipinski definition) is 4. The number of hydrogen-bond donors (Lipinski definition) is 0. The molecule has 0 saturated carbocycles. The van der Waals surface area contributed by atoms with Gasteiger partial charge >= 0.3 is 0 Å². The number of pyridine rings is 1. The van der Waals surface area contributed by atoms with Crippen molar-refractivity contribution in [2.75, 3.05) is 39.4 Å². The molecule has 0 N–H and O–H groups in total. The van der Waals surface area contributed by atoms with Gasteiger partial charge in [-0.15, -0.1) is 0 Å². The smallest absolute Gasteiger partial charge is 0.228 e. The summed E-state index contributed by atoms with van der Waals surface area (Å²) in [6.07, 6.45) is 6.76. The molecule has 0 spiro atoms. The van der Waals surface area contributed by atoms with Gasteiger partial charge in [-0.1, -0.05) is 6.07 Å². The van der Waals surface area contributed by atoms with Gasteiger partial charge in [0.1, 0.15) is 0 Å². The van der Waals surface area contributed by atoms with E-state index in [1.165, 1.54) is 6.42 Å². The third-order valence-corrected chi connectivity index (χ3v) is 4.89. The SMILES string of the molecule is O=C(Cc1ccccn1)N1CCCC[C@@H]1CCN1CCOCC1. The topological polar surface area (TPSA) is 45.7 Å². The van der Waals surface area contributed by atoms with Crippen molar-refractivity contribution in [1.82, 2.24) is 14.8 Å². The summed E-state index contributed by atoms with van der Waals surface area (Å²) in [7, 11) is 0. The second-order valence-electron chi connectivity index (χ2n) is 6.48. The van der Waals surface area contributed by atoms with Gasteiger partial charge in [0.15, 0.2) is 0 Å². The molecule has 23 heavy (non-hydrogen) atoms. The van der Waals surface area contributed by atoms with Crippen molar-refractivity contribution in [3.05, 3.63) is 30.1 Å². The average molecular weight is 317 g/mol. The second kappa shape index (κ2) is 8.41. The molecule has 1 atom stereocenters. The third kappa shape index (κ3) is 4.75. The van der Waals surface area contributed by atoms with Crippen LogP contribution in [0.15, 0.2) is 24.4 Å². The van der Waals surface area contributed by atoms with Gasteiger partial charge < -0.3 is 9.64 Å². The van der Waals surface area contributed by atoms with Crippen molar-refractivity contribution >= 4 is 5.91 Å². The van der Waals surface area contributed by atoms with E-state index in [0.29, 0.717) is 12.5 Å². The van der Waals surface area contributed by atoms with Crippen LogP contribution < -0.4 is 0 Å². The number of amides is 1. The van der Waals surface area contributed by atoms with E-state index in [0.717, 1.165) is 64.3 Å². The Bertz CT molecular complexity index is 488. The van der Waals surface area contributed by atoms with Crippen LogP contribution in [0.2, 0.25) is 0 Å². The molecular weight excluding hydrogens is 290 g/mol. The number of morpholine rings is 1. The molecule has 0 aromatic carbocycles. The monoisotopic (exact) mass is 317 g/mol. The number of nitrogens with zero attached hydrogens (tertiary/aromatic N) is 3. The van der Waals surface area contributed by atoms with Crippen LogP contribution in [0.25, 0.3) is 0 Å². The number of likely N-dealkylation sites (tertiary alicyclic amines) is 1. The van der Waals surface area contributed by atoms with Gasteiger partial charge in [-0.2, -0.15) is 0 Å².